The highest BCUT2D eigenvalue weighted by Gasteiger charge is 2.06. The molecule has 3 nitrogen and oxygen atoms in total. The zero-order valence-electron chi connectivity index (χ0n) is 11.9. The number of carbonyl (C=O) groups is 1. The van der Waals surface area contributed by atoms with Crippen LogP contribution in [-0.4, -0.2) is 10.9 Å². The van der Waals surface area contributed by atoms with Crippen molar-refractivity contribution >= 4 is 22.2 Å². The van der Waals surface area contributed by atoms with Gasteiger partial charge < -0.3 is 10.4 Å². The van der Waals surface area contributed by atoms with Gasteiger partial charge in [0.1, 0.15) is 5.75 Å². The number of anilines is 1. The molecule has 3 heteroatoms. The van der Waals surface area contributed by atoms with E-state index in [1.807, 2.05) is 48.5 Å². The Balaban J connectivity index is 1.80. The number of rotatable bonds is 4. The molecule has 0 aliphatic carbocycles. The second-order valence-corrected chi connectivity index (χ2v) is 4.92. The monoisotopic (exact) mass is 289 g/mol. The summed E-state index contributed by atoms with van der Waals surface area (Å²) in [5, 5.41) is 14.3. The third-order valence-electron chi connectivity index (χ3n) is 3.39. The van der Waals surface area contributed by atoms with E-state index in [1.54, 1.807) is 24.4 Å². The van der Waals surface area contributed by atoms with Crippen LogP contribution in [0.25, 0.3) is 10.8 Å². The molecule has 0 amide bonds. The number of nitrogens with one attached hydrogen (secondary N) is 1. The molecular formula is C19H15NO2. The second kappa shape index (κ2) is 6.14. The summed E-state index contributed by atoms with van der Waals surface area (Å²) in [6.07, 6.45) is 3.07. The quantitative estimate of drug-likeness (QED) is 0.554. The summed E-state index contributed by atoms with van der Waals surface area (Å²) in [5.74, 6) is 0.114. The maximum absolute atomic E-state index is 12.3. The molecule has 3 rings (SSSR count). The Bertz CT molecular complexity index is 847. The summed E-state index contributed by atoms with van der Waals surface area (Å²) >= 11 is 0. The third-order valence-corrected chi connectivity index (χ3v) is 3.39. The van der Waals surface area contributed by atoms with Gasteiger partial charge in [-0.1, -0.05) is 48.5 Å². The summed E-state index contributed by atoms with van der Waals surface area (Å²) in [6.45, 7) is 0. The van der Waals surface area contributed by atoms with E-state index < -0.39 is 0 Å². The minimum atomic E-state index is -0.0653. The van der Waals surface area contributed by atoms with Crippen LogP contribution in [-0.2, 0) is 0 Å². The fourth-order valence-electron chi connectivity index (χ4n) is 2.34. The van der Waals surface area contributed by atoms with Crippen LogP contribution in [0.2, 0.25) is 0 Å². The van der Waals surface area contributed by atoms with Gasteiger partial charge in [-0.3, -0.25) is 4.79 Å². The molecule has 2 N–H and O–H groups in total. The fraction of sp³-hybridized carbons (Fsp3) is 0. The van der Waals surface area contributed by atoms with Gasteiger partial charge in [0.05, 0.1) is 0 Å². The Kier molecular flexibility index (Phi) is 3.88. The molecule has 0 aliphatic rings. The topological polar surface area (TPSA) is 49.3 Å². The van der Waals surface area contributed by atoms with Gasteiger partial charge in [0.2, 0.25) is 0 Å². The van der Waals surface area contributed by atoms with Crippen molar-refractivity contribution in [2.45, 2.75) is 0 Å². The molecule has 22 heavy (non-hydrogen) atoms. The predicted molar refractivity (Wildman–Crippen MR) is 89.1 cm³/mol. The molecule has 0 spiro atoms. The molecule has 3 aromatic rings. The van der Waals surface area contributed by atoms with Crippen LogP contribution >= 0.6 is 0 Å². The SMILES string of the molecule is O=C(/C=C/Nc1cccc(O)c1)c1cccc2ccccc12. The number of allylic oxidation sites excluding steroid dienone is 1. The molecule has 3 aromatic carbocycles. The van der Waals surface area contributed by atoms with Gasteiger partial charge in [-0.2, -0.15) is 0 Å². The number of fused-ring (bicyclic) bond motifs is 1. The molecule has 0 heterocycles. The van der Waals surface area contributed by atoms with Crippen LogP contribution in [0.15, 0.2) is 79.0 Å². The van der Waals surface area contributed by atoms with Gasteiger partial charge >= 0.3 is 0 Å². The average Bonchev–Trinajstić information content (AvgIpc) is 2.54. The maximum atomic E-state index is 12.3. The lowest BCUT2D eigenvalue weighted by atomic mass is 10.0. The van der Waals surface area contributed by atoms with E-state index in [9.17, 15) is 9.90 Å². The molecule has 0 fully saturated rings. The first-order chi connectivity index (χ1) is 10.7. The number of benzene rings is 3. The number of hydrogen-bond donors (Lipinski definition) is 2. The van der Waals surface area contributed by atoms with E-state index in [2.05, 4.69) is 5.32 Å². The second-order valence-electron chi connectivity index (χ2n) is 4.92. The van der Waals surface area contributed by atoms with Crippen molar-refractivity contribution in [3.63, 3.8) is 0 Å². The summed E-state index contributed by atoms with van der Waals surface area (Å²) in [7, 11) is 0. The lowest BCUT2D eigenvalue weighted by Gasteiger charge is -2.03. The van der Waals surface area contributed by atoms with Gasteiger partial charge in [-0.05, 0) is 22.9 Å². The van der Waals surface area contributed by atoms with E-state index in [-0.39, 0.29) is 11.5 Å². The van der Waals surface area contributed by atoms with Crippen LogP contribution < -0.4 is 5.32 Å². The minimum Gasteiger partial charge on any atom is -0.508 e. The summed E-state index contributed by atoms with van der Waals surface area (Å²) < 4.78 is 0. The van der Waals surface area contributed by atoms with Crippen molar-refractivity contribution < 1.29 is 9.90 Å². The zero-order chi connectivity index (χ0) is 15.4. The number of hydrogen-bond acceptors (Lipinski definition) is 3. The van der Waals surface area contributed by atoms with E-state index in [0.29, 0.717) is 5.56 Å². The molecular weight excluding hydrogens is 274 g/mol. The van der Waals surface area contributed by atoms with Crippen LogP contribution in [0.1, 0.15) is 10.4 Å². The van der Waals surface area contributed by atoms with E-state index in [1.165, 1.54) is 6.08 Å². The maximum Gasteiger partial charge on any atom is 0.187 e. The summed E-state index contributed by atoms with van der Waals surface area (Å²) in [4.78, 5) is 12.3. The largest absolute Gasteiger partial charge is 0.508 e. The highest BCUT2D eigenvalue weighted by atomic mass is 16.3. The minimum absolute atomic E-state index is 0.0653. The predicted octanol–water partition coefficient (Wildman–Crippen LogP) is 4.35. The number of carbonyl (C=O) groups excluding carboxylic acids is 1. The van der Waals surface area contributed by atoms with Gasteiger partial charge in [0.15, 0.2) is 5.78 Å². The highest BCUT2D eigenvalue weighted by molar-refractivity contribution is 6.13. The lowest BCUT2D eigenvalue weighted by molar-refractivity contribution is 0.104. The molecule has 108 valence electrons. The number of ketones is 1. The van der Waals surface area contributed by atoms with Crippen molar-refractivity contribution in [3.05, 3.63) is 84.6 Å². The summed E-state index contributed by atoms with van der Waals surface area (Å²) in [6, 6.07) is 20.2. The molecule has 0 saturated carbocycles. The van der Waals surface area contributed by atoms with Crippen molar-refractivity contribution in [1.82, 2.24) is 0 Å². The zero-order valence-corrected chi connectivity index (χ0v) is 11.9. The Morgan fingerprint density at radius 1 is 0.955 bits per heavy atom. The van der Waals surface area contributed by atoms with Gasteiger partial charge in [0, 0.05) is 29.6 Å². The first-order valence-electron chi connectivity index (χ1n) is 6.98. The third kappa shape index (κ3) is 2.99. The Hall–Kier alpha value is -3.07. The first-order valence-corrected chi connectivity index (χ1v) is 6.98. The highest BCUT2D eigenvalue weighted by Crippen LogP contribution is 2.19. The van der Waals surface area contributed by atoms with Crippen molar-refractivity contribution in [1.29, 1.82) is 0 Å². The van der Waals surface area contributed by atoms with E-state index >= 15 is 0 Å². The normalized spacial score (nSPS) is 10.9. The molecule has 0 unspecified atom stereocenters. The Labute approximate surface area is 128 Å². The van der Waals surface area contributed by atoms with Crippen molar-refractivity contribution in [2.24, 2.45) is 0 Å². The van der Waals surface area contributed by atoms with Crippen LogP contribution in [0.4, 0.5) is 5.69 Å². The van der Waals surface area contributed by atoms with E-state index in [4.69, 9.17) is 0 Å². The Morgan fingerprint density at radius 3 is 2.59 bits per heavy atom. The smallest absolute Gasteiger partial charge is 0.187 e. The van der Waals surface area contributed by atoms with Gasteiger partial charge in [-0.15, -0.1) is 0 Å². The molecule has 0 radical (unpaired) electrons. The fourth-order valence-corrected chi connectivity index (χ4v) is 2.34. The molecule has 0 atom stereocenters. The van der Waals surface area contributed by atoms with E-state index in [0.717, 1.165) is 16.5 Å². The number of phenolic OH excluding ortho intramolecular Hbond substituents is 1. The molecule has 0 saturated heterocycles. The molecule has 0 aromatic heterocycles. The van der Waals surface area contributed by atoms with Crippen LogP contribution in [0.5, 0.6) is 5.75 Å². The van der Waals surface area contributed by atoms with Gasteiger partial charge in [0.25, 0.3) is 0 Å². The molecule has 0 bridgehead atoms. The van der Waals surface area contributed by atoms with Crippen molar-refractivity contribution in [2.75, 3.05) is 5.32 Å². The van der Waals surface area contributed by atoms with Crippen LogP contribution in [0.3, 0.4) is 0 Å². The van der Waals surface area contributed by atoms with Crippen molar-refractivity contribution in [3.8, 4) is 5.75 Å². The lowest BCUT2D eigenvalue weighted by Crippen LogP contribution is -1.97. The van der Waals surface area contributed by atoms with Crippen LogP contribution in [0, 0.1) is 0 Å². The standard InChI is InChI=1S/C19H15NO2/c21-16-8-4-7-15(13-16)20-12-11-19(22)18-10-3-6-14-5-1-2-9-17(14)18/h1-13,20-21H/b12-11+. The molecule has 0 aliphatic heterocycles. The average molecular weight is 289 g/mol. The Morgan fingerprint density at radius 2 is 1.73 bits per heavy atom. The summed E-state index contributed by atoms with van der Waals surface area (Å²) in [5.41, 5.74) is 1.40. The first kappa shape index (κ1) is 13.9. The number of aromatic hydroxyl groups is 1. The van der Waals surface area contributed by atoms with Gasteiger partial charge in [-0.25, -0.2) is 0 Å². The number of phenols is 1.